The SMILES string of the molecule is CC(=O)c1ccc(NC(=O)Cn2cc([N+](=O)[O-])ccc2=O)cc1. The normalized spacial score (nSPS) is 10.1. The molecule has 0 unspecified atom stereocenters. The van der Waals surface area contributed by atoms with Gasteiger partial charge in [-0.3, -0.25) is 29.1 Å². The molecule has 0 aliphatic carbocycles. The summed E-state index contributed by atoms with van der Waals surface area (Å²) >= 11 is 0. The van der Waals surface area contributed by atoms with E-state index in [9.17, 15) is 24.5 Å². The van der Waals surface area contributed by atoms with Crippen molar-refractivity contribution in [3.05, 3.63) is 68.6 Å². The van der Waals surface area contributed by atoms with Crippen LogP contribution in [0.15, 0.2) is 47.4 Å². The highest BCUT2D eigenvalue weighted by Crippen LogP contribution is 2.10. The van der Waals surface area contributed by atoms with Gasteiger partial charge in [0, 0.05) is 23.4 Å². The lowest BCUT2D eigenvalue weighted by Gasteiger charge is -2.07. The molecule has 1 amide bonds. The molecule has 0 saturated heterocycles. The molecule has 0 radical (unpaired) electrons. The Bertz CT molecular complexity index is 824. The number of pyridine rings is 1. The van der Waals surface area contributed by atoms with E-state index in [1.54, 1.807) is 24.3 Å². The Balaban J connectivity index is 2.10. The molecule has 8 nitrogen and oxygen atoms in total. The maximum atomic E-state index is 11.9. The molecule has 1 aromatic carbocycles. The van der Waals surface area contributed by atoms with Gasteiger partial charge in [-0.2, -0.15) is 0 Å². The molecule has 2 rings (SSSR count). The number of aromatic nitrogens is 1. The Hall–Kier alpha value is -3.29. The highest BCUT2D eigenvalue weighted by molar-refractivity contribution is 5.95. The highest BCUT2D eigenvalue weighted by atomic mass is 16.6. The first-order valence-corrected chi connectivity index (χ1v) is 6.62. The number of nitrogens with one attached hydrogen (secondary N) is 1. The number of rotatable bonds is 5. The number of carbonyl (C=O) groups excluding carboxylic acids is 2. The topological polar surface area (TPSA) is 111 Å². The second kappa shape index (κ2) is 6.65. The summed E-state index contributed by atoms with van der Waals surface area (Å²) in [6.45, 7) is 1.08. The van der Waals surface area contributed by atoms with E-state index in [1.807, 2.05) is 0 Å². The minimum atomic E-state index is -0.645. The average molecular weight is 315 g/mol. The van der Waals surface area contributed by atoms with Gasteiger partial charge < -0.3 is 5.32 Å². The van der Waals surface area contributed by atoms with Gasteiger partial charge in [-0.1, -0.05) is 0 Å². The van der Waals surface area contributed by atoms with E-state index in [2.05, 4.69) is 5.32 Å². The van der Waals surface area contributed by atoms with Gasteiger partial charge in [-0.15, -0.1) is 0 Å². The Labute approximate surface area is 130 Å². The van der Waals surface area contributed by atoms with Gasteiger partial charge in [0.05, 0.1) is 11.1 Å². The minimum absolute atomic E-state index is 0.0916. The number of carbonyl (C=O) groups is 2. The molecule has 23 heavy (non-hydrogen) atoms. The summed E-state index contributed by atoms with van der Waals surface area (Å²) in [7, 11) is 0. The second-order valence-corrected chi connectivity index (χ2v) is 4.79. The molecule has 1 N–H and O–H groups in total. The fraction of sp³-hybridized carbons (Fsp3) is 0.133. The molecular formula is C15H13N3O5. The summed E-state index contributed by atoms with van der Waals surface area (Å²) in [6.07, 6.45) is 1.01. The molecule has 0 saturated carbocycles. The Morgan fingerprint density at radius 1 is 1.17 bits per heavy atom. The number of anilines is 1. The van der Waals surface area contributed by atoms with Crippen LogP contribution in [0.3, 0.4) is 0 Å². The van der Waals surface area contributed by atoms with Gasteiger partial charge >= 0.3 is 0 Å². The van der Waals surface area contributed by atoms with Crippen LogP contribution >= 0.6 is 0 Å². The average Bonchev–Trinajstić information content (AvgIpc) is 2.49. The van der Waals surface area contributed by atoms with Crippen LogP contribution in [0.2, 0.25) is 0 Å². The Morgan fingerprint density at radius 2 is 1.83 bits per heavy atom. The number of hydrogen-bond donors (Lipinski definition) is 1. The number of nitrogens with zero attached hydrogens (tertiary/aromatic N) is 2. The van der Waals surface area contributed by atoms with E-state index >= 15 is 0 Å². The number of nitro groups is 1. The third-order valence-electron chi connectivity index (χ3n) is 3.07. The number of benzene rings is 1. The van der Waals surface area contributed by atoms with Crippen LogP contribution in [0.4, 0.5) is 11.4 Å². The van der Waals surface area contributed by atoms with E-state index in [-0.39, 0.29) is 18.0 Å². The summed E-state index contributed by atoms with van der Waals surface area (Å²) in [5, 5.41) is 13.2. The van der Waals surface area contributed by atoms with E-state index in [0.717, 1.165) is 22.9 Å². The molecule has 0 aliphatic heterocycles. The quantitative estimate of drug-likeness (QED) is 0.511. The molecule has 8 heteroatoms. The van der Waals surface area contributed by atoms with Crippen LogP contribution in [-0.2, 0) is 11.3 Å². The molecular weight excluding hydrogens is 302 g/mol. The monoisotopic (exact) mass is 315 g/mol. The second-order valence-electron chi connectivity index (χ2n) is 4.79. The number of amides is 1. The molecule has 0 aliphatic rings. The molecule has 118 valence electrons. The first-order valence-electron chi connectivity index (χ1n) is 6.62. The van der Waals surface area contributed by atoms with E-state index in [4.69, 9.17) is 0 Å². The predicted molar refractivity (Wildman–Crippen MR) is 82.4 cm³/mol. The van der Waals surface area contributed by atoms with Gasteiger partial charge in [0.25, 0.3) is 11.2 Å². The van der Waals surface area contributed by atoms with Crippen LogP contribution in [-0.4, -0.2) is 21.2 Å². The van der Waals surface area contributed by atoms with Gasteiger partial charge in [0.15, 0.2) is 5.78 Å². The summed E-state index contributed by atoms with van der Waals surface area (Å²) in [5.41, 5.74) is 0.178. The van der Waals surface area contributed by atoms with Gasteiger partial charge in [0.2, 0.25) is 5.91 Å². The Morgan fingerprint density at radius 3 is 2.39 bits per heavy atom. The first-order chi connectivity index (χ1) is 10.9. The van der Waals surface area contributed by atoms with Crippen molar-refractivity contribution in [3.8, 4) is 0 Å². The number of ketones is 1. The smallest absolute Gasteiger partial charge is 0.285 e. The zero-order chi connectivity index (χ0) is 17.0. The van der Waals surface area contributed by atoms with Crippen molar-refractivity contribution < 1.29 is 14.5 Å². The lowest BCUT2D eigenvalue weighted by atomic mass is 10.1. The van der Waals surface area contributed by atoms with Crippen molar-refractivity contribution in [3.63, 3.8) is 0 Å². The predicted octanol–water partition coefficient (Wildman–Crippen LogP) is 1.60. The van der Waals surface area contributed by atoms with Crippen LogP contribution < -0.4 is 10.9 Å². The summed E-state index contributed by atoms with van der Waals surface area (Å²) in [6, 6.07) is 8.37. The summed E-state index contributed by atoms with van der Waals surface area (Å²) < 4.78 is 0.956. The summed E-state index contributed by atoms with van der Waals surface area (Å²) in [4.78, 5) is 44.8. The fourth-order valence-electron chi connectivity index (χ4n) is 1.89. The lowest BCUT2D eigenvalue weighted by Crippen LogP contribution is -2.26. The van der Waals surface area contributed by atoms with Crippen molar-refractivity contribution in [1.82, 2.24) is 4.57 Å². The van der Waals surface area contributed by atoms with Gasteiger partial charge in [-0.25, -0.2) is 0 Å². The van der Waals surface area contributed by atoms with Crippen LogP contribution in [0.5, 0.6) is 0 Å². The van der Waals surface area contributed by atoms with Gasteiger partial charge in [-0.05, 0) is 31.2 Å². The van der Waals surface area contributed by atoms with Crippen molar-refractivity contribution in [2.45, 2.75) is 13.5 Å². The molecule has 0 bridgehead atoms. The van der Waals surface area contributed by atoms with E-state index in [1.165, 1.54) is 6.92 Å². The molecule has 2 aromatic rings. The first kappa shape index (κ1) is 16.1. The maximum Gasteiger partial charge on any atom is 0.285 e. The zero-order valence-corrected chi connectivity index (χ0v) is 12.2. The van der Waals surface area contributed by atoms with Gasteiger partial charge in [0.1, 0.15) is 6.54 Å². The molecule has 1 aromatic heterocycles. The molecule has 1 heterocycles. The summed E-state index contributed by atoms with van der Waals surface area (Å²) in [5.74, 6) is -0.603. The van der Waals surface area contributed by atoms with E-state index < -0.39 is 16.4 Å². The number of Topliss-reactive ketones (excluding diaryl/α,β-unsaturated/α-hetero) is 1. The van der Waals surface area contributed by atoms with Crippen molar-refractivity contribution in [2.75, 3.05) is 5.32 Å². The standard InChI is InChI=1S/C15H13N3O5/c1-10(19)11-2-4-12(5-3-11)16-14(20)9-17-8-13(18(22)23)6-7-15(17)21/h2-8H,9H2,1H3,(H,16,20). The molecule has 0 fully saturated rings. The largest absolute Gasteiger partial charge is 0.325 e. The highest BCUT2D eigenvalue weighted by Gasteiger charge is 2.11. The maximum absolute atomic E-state index is 11.9. The van der Waals surface area contributed by atoms with Crippen molar-refractivity contribution in [1.29, 1.82) is 0 Å². The van der Waals surface area contributed by atoms with Crippen LogP contribution in [0, 0.1) is 10.1 Å². The lowest BCUT2D eigenvalue weighted by molar-refractivity contribution is -0.385. The van der Waals surface area contributed by atoms with Crippen molar-refractivity contribution >= 4 is 23.1 Å². The molecule has 0 atom stereocenters. The van der Waals surface area contributed by atoms with E-state index in [0.29, 0.717) is 11.3 Å². The van der Waals surface area contributed by atoms with Crippen LogP contribution in [0.1, 0.15) is 17.3 Å². The Kier molecular flexibility index (Phi) is 4.65. The third-order valence-corrected chi connectivity index (χ3v) is 3.07. The number of hydrogen-bond acceptors (Lipinski definition) is 5. The fourth-order valence-corrected chi connectivity index (χ4v) is 1.89. The third kappa shape index (κ3) is 4.10. The molecule has 0 spiro atoms. The zero-order valence-electron chi connectivity index (χ0n) is 12.2. The van der Waals surface area contributed by atoms with Crippen LogP contribution in [0.25, 0.3) is 0 Å². The van der Waals surface area contributed by atoms with Crippen molar-refractivity contribution in [2.24, 2.45) is 0 Å². The minimum Gasteiger partial charge on any atom is -0.325 e.